The molecule has 3 aromatic carbocycles. The molecule has 4 rings (SSSR count). The summed E-state index contributed by atoms with van der Waals surface area (Å²) in [5.41, 5.74) is -0.436. The first-order chi connectivity index (χ1) is 14.9. The van der Waals surface area contributed by atoms with Gasteiger partial charge in [0.25, 0.3) is 5.89 Å². The van der Waals surface area contributed by atoms with Crippen molar-refractivity contribution in [2.75, 3.05) is 6.61 Å². The van der Waals surface area contributed by atoms with Crippen molar-refractivity contribution < 1.29 is 32.0 Å². The van der Waals surface area contributed by atoms with Gasteiger partial charge in [-0.25, -0.2) is 4.79 Å². The van der Waals surface area contributed by atoms with E-state index in [4.69, 9.17) is 14.0 Å². The fourth-order valence-corrected chi connectivity index (χ4v) is 2.82. The van der Waals surface area contributed by atoms with Crippen LogP contribution in [0.5, 0.6) is 5.75 Å². The van der Waals surface area contributed by atoms with Crippen molar-refractivity contribution >= 4 is 16.7 Å². The number of carbonyl (C=O) groups is 1. The van der Waals surface area contributed by atoms with E-state index in [0.717, 1.165) is 22.9 Å². The van der Waals surface area contributed by atoms with Crippen LogP contribution in [0.4, 0.5) is 13.2 Å². The SMILES string of the molecule is O=C(COc1ccc2ccccc2c1)OCc1nc(-c2ccc(C(F)(F)F)cc2)no1. The van der Waals surface area contributed by atoms with Crippen LogP contribution in [0, 0.1) is 0 Å². The van der Waals surface area contributed by atoms with Crippen molar-refractivity contribution in [3.63, 3.8) is 0 Å². The summed E-state index contributed by atoms with van der Waals surface area (Å²) in [7, 11) is 0. The number of nitrogens with zero attached hydrogens (tertiary/aromatic N) is 2. The normalized spacial score (nSPS) is 11.5. The predicted octanol–water partition coefficient (Wildman–Crippen LogP) is 5.03. The van der Waals surface area contributed by atoms with E-state index >= 15 is 0 Å². The minimum atomic E-state index is -4.43. The summed E-state index contributed by atoms with van der Waals surface area (Å²) < 4.78 is 53.4. The molecule has 0 fully saturated rings. The number of aromatic nitrogens is 2. The predicted molar refractivity (Wildman–Crippen MR) is 104 cm³/mol. The molecular formula is C22H15F3N2O4. The minimum Gasteiger partial charge on any atom is -0.482 e. The second-order valence-electron chi connectivity index (χ2n) is 6.55. The van der Waals surface area contributed by atoms with Crippen LogP contribution in [0.2, 0.25) is 0 Å². The van der Waals surface area contributed by atoms with Crippen LogP contribution in [0.1, 0.15) is 11.5 Å². The average Bonchev–Trinajstić information content (AvgIpc) is 3.25. The molecule has 0 radical (unpaired) electrons. The first-order valence-electron chi connectivity index (χ1n) is 9.16. The van der Waals surface area contributed by atoms with Gasteiger partial charge in [-0.15, -0.1) is 0 Å². The topological polar surface area (TPSA) is 74.5 Å². The second kappa shape index (κ2) is 8.47. The van der Waals surface area contributed by atoms with Gasteiger partial charge in [-0.1, -0.05) is 47.6 Å². The maximum Gasteiger partial charge on any atom is 0.416 e. The number of hydrogen-bond donors (Lipinski definition) is 0. The molecule has 0 N–H and O–H groups in total. The summed E-state index contributed by atoms with van der Waals surface area (Å²) >= 11 is 0. The number of ether oxygens (including phenoxy) is 2. The Morgan fingerprint density at radius 2 is 1.71 bits per heavy atom. The molecule has 0 bridgehead atoms. The Morgan fingerprint density at radius 3 is 2.45 bits per heavy atom. The van der Waals surface area contributed by atoms with E-state index in [9.17, 15) is 18.0 Å². The summed E-state index contributed by atoms with van der Waals surface area (Å²) in [6.45, 7) is -0.591. The van der Waals surface area contributed by atoms with Gasteiger partial charge in [-0.05, 0) is 35.0 Å². The number of esters is 1. The molecule has 1 heterocycles. The molecule has 0 amide bonds. The summed E-state index contributed by atoms with van der Waals surface area (Å²) in [5, 5.41) is 5.72. The fraction of sp³-hybridized carbons (Fsp3) is 0.136. The zero-order valence-corrected chi connectivity index (χ0v) is 15.9. The molecule has 9 heteroatoms. The summed E-state index contributed by atoms with van der Waals surface area (Å²) in [4.78, 5) is 15.9. The van der Waals surface area contributed by atoms with Crippen molar-refractivity contribution in [2.45, 2.75) is 12.8 Å². The first-order valence-corrected chi connectivity index (χ1v) is 9.16. The number of fused-ring (bicyclic) bond motifs is 1. The van der Waals surface area contributed by atoms with Crippen LogP contribution in [0.15, 0.2) is 71.3 Å². The molecule has 0 saturated carbocycles. The standard InChI is InChI=1S/C22H15F3N2O4/c23-22(24,25)17-8-5-15(6-9-17)21-26-19(31-27-21)12-30-20(28)13-29-18-10-7-14-3-1-2-4-16(14)11-18/h1-11H,12-13H2. The number of hydrogen-bond acceptors (Lipinski definition) is 6. The molecular weight excluding hydrogens is 413 g/mol. The van der Waals surface area contributed by atoms with E-state index in [-0.39, 0.29) is 24.9 Å². The largest absolute Gasteiger partial charge is 0.482 e. The monoisotopic (exact) mass is 428 g/mol. The highest BCUT2D eigenvalue weighted by atomic mass is 19.4. The van der Waals surface area contributed by atoms with Gasteiger partial charge in [0, 0.05) is 5.56 Å². The van der Waals surface area contributed by atoms with Gasteiger partial charge < -0.3 is 14.0 Å². The smallest absolute Gasteiger partial charge is 0.416 e. The maximum atomic E-state index is 12.6. The molecule has 31 heavy (non-hydrogen) atoms. The van der Waals surface area contributed by atoms with Crippen LogP contribution in [0.25, 0.3) is 22.2 Å². The molecule has 0 aliphatic carbocycles. The van der Waals surface area contributed by atoms with E-state index in [0.29, 0.717) is 11.3 Å². The number of rotatable bonds is 6. The Hall–Kier alpha value is -3.88. The highest BCUT2D eigenvalue weighted by Crippen LogP contribution is 2.30. The van der Waals surface area contributed by atoms with Crippen molar-refractivity contribution in [3.05, 3.63) is 78.2 Å². The molecule has 0 saturated heterocycles. The number of benzene rings is 3. The molecule has 4 aromatic rings. The lowest BCUT2D eigenvalue weighted by Gasteiger charge is -2.07. The van der Waals surface area contributed by atoms with Gasteiger partial charge in [0.1, 0.15) is 5.75 Å². The lowest BCUT2D eigenvalue weighted by molar-refractivity contribution is -0.148. The van der Waals surface area contributed by atoms with E-state index < -0.39 is 17.7 Å². The number of carbonyl (C=O) groups excluding carboxylic acids is 1. The van der Waals surface area contributed by atoms with Crippen LogP contribution in [-0.4, -0.2) is 22.7 Å². The molecule has 0 unspecified atom stereocenters. The van der Waals surface area contributed by atoms with Crippen molar-refractivity contribution in [1.82, 2.24) is 10.1 Å². The third-order valence-corrected chi connectivity index (χ3v) is 4.37. The van der Waals surface area contributed by atoms with Crippen molar-refractivity contribution in [3.8, 4) is 17.1 Å². The summed E-state index contributed by atoms with van der Waals surface area (Å²) in [5.74, 6) is -0.0124. The van der Waals surface area contributed by atoms with E-state index in [2.05, 4.69) is 10.1 Å². The molecule has 0 spiro atoms. The van der Waals surface area contributed by atoms with Crippen molar-refractivity contribution in [1.29, 1.82) is 0 Å². The molecule has 158 valence electrons. The van der Waals surface area contributed by atoms with Gasteiger partial charge in [-0.2, -0.15) is 18.2 Å². The van der Waals surface area contributed by atoms with E-state index in [1.165, 1.54) is 12.1 Å². The quantitative estimate of drug-likeness (QED) is 0.401. The van der Waals surface area contributed by atoms with Gasteiger partial charge in [0.15, 0.2) is 13.2 Å². The van der Waals surface area contributed by atoms with Gasteiger partial charge in [-0.3, -0.25) is 0 Å². The van der Waals surface area contributed by atoms with Crippen LogP contribution in [-0.2, 0) is 22.3 Å². The van der Waals surface area contributed by atoms with Gasteiger partial charge >= 0.3 is 12.1 Å². The van der Waals surface area contributed by atoms with Crippen LogP contribution < -0.4 is 4.74 Å². The Balaban J connectivity index is 1.30. The Bertz CT molecular complexity index is 1200. The summed E-state index contributed by atoms with van der Waals surface area (Å²) in [6, 6.07) is 17.5. The molecule has 1 aromatic heterocycles. The average molecular weight is 428 g/mol. The lowest BCUT2D eigenvalue weighted by Crippen LogP contribution is -2.14. The highest BCUT2D eigenvalue weighted by Gasteiger charge is 2.30. The zero-order valence-electron chi connectivity index (χ0n) is 15.9. The van der Waals surface area contributed by atoms with Crippen LogP contribution in [0.3, 0.4) is 0 Å². The number of halogens is 3. The van der Waals surface area contributed by atoms with E-state index in [1.54, 1.807) is 6.07 Å². The highest BCUT2D eigenvalue weighted by molar-refractivity contribution is 5.83. The lowest BCUT2D eigenvalue weighted by atomic mass is 10.1. The zero-order chi connectivity index (χ0) is 21.8. The van der Waals surface area contributed by atoms with E-state index in [1.807, 2.05) is 36.4 Å². The molecule has 6 nitrogen and oxygen atoms in total. The van der Waals surface area contributed by atoms with Crippen LogP contribution >= 0.6 is 0 Å². The Morgan fingerprint density at radius 1 is 0.968 bits per heavy atom. The van der Waals surface area contributed by atoms with Crippen molar-refractivity contribution in [2.24, 2.45) is 0 Å². The Kier molecular flexibility index (Phi) is 5.57. The molecule has 0 aliphatic rings. The molecule has 0 aliphatic heterocycles. The van der Waals surface area contributed by atoms with Gasteiger partial charge in [0.05, 0.1) is 5.56 Å². The third-order valence-electron chi connectivity index (χ3n) is 4.37. The Labute approximate surface area is 174 Å². The molecule has 0 atom stereocenters. The van der Waals surface area contributed by atoms with Gasteiger partial charge in [0.2, 0.25) is 5.82 Å². The first kappa shape index (κ1) is 20.4. The summed E-state index contributed by atoms with van der Waals surface area (Å²) in [6.07, 6.45) is -4.43. The fourth-order valence-electron chi connectivity index (χ4n) is 2.82. The second-order valence-corrected chi connectivity index (χ2v) is 6.55. The number of alkyl halides is 3. The maximum absolute atomic E-state index is 12.6. The third kappa shape index (κ3) is 5.00. The minimum absolute atomic E-state index is 0.00829.